The Hall–Kier alpha value is -3.32. The van der Waals surface area contributed by atoms with E-state index in [4.69, 9.17) is 14.4 Å². The number of hydrogen-bond donors (Lipinski definition) is 0. The molecule has 2 aromatic carbocycles. The van der Waals surface area contributed by atoms with E-state index in [1.807, 2.05) is 18.2 Å². The fourth-order valence-electron chi connectivity index (χ4n) is 2.26. The molecule has 0 aliphatic heterocycles. The zero-order chi connectivity index (χ0) is 16.2. The standard InChI is InChI=1S/C19H13NO3/c1-22-18-4-2-3-16-17(21)11-15(23-19(16)18)10-9-13-5-7-14(12-20)8-6-13/h2-11H,1H3. The van der Waals surface area contributed by atoms with Crippen LogP contribution < -0.4 is 10.2 Å². The van der Waals surface area contributed by atoms with Crippen molar-refractivity contribution >= 4 is 23.1 Å². The van der Waals surface area contributed by atoms with Crippen LogP contribution in [-0.2, 0) is 0 Å². The fourth-order valence-corrected chi connectivity index (χ4v) is 2.26. The van der Waals surface area contributed by atoms with Crippen LogP contribution in [0.2, 0.25) is 0 Å². The summed E-state index contributed by atoms with van der Waals surface area (Å²) in [6.07, 6.45) is 3.54. The lowest BCUT2D eigenvalue weighted by molar-refractivity contribution is 0.408. The minimum Gasteiger partial charge on any atom is -0.493 e. The van der Waals surface area contributed by atoms with Gasteiger partial charge in [-0.3, -0.25) is 4.79 Å². The SMILES string of the molecule is COc1cccc2c(=O)cc(C=Cc3ccc(C#N)cc3)oc12. The highest BCUT2D eigenvalue weighted by molar-refractivity contribution is 5.83. The van der Waals surface area contributed by atoms with E-state index < -0.39 is 0 Å². The molecule has 0 radical (unpaired) electrons. The lowest BCUT2D eigenvalue weighted by atomic mass is 10.1. The molecule has 0 fully saturated rings. The van der Waals surface area contributed by atoms with Gasteiger partial charge < -0.3 is 9.15 Å². The molecule has 0 unspecified atom stereocenters. The van der Waals surface area contributed by atoms with E-state index in [1.54, 1.807) is 36.4 Å². The van der Waals surface area contributed by atoms with Crippen LogP contribution in [-0.4, -0.2) is 7.11 Å². The first-order valence-corrected chi connectivity index (χ1v) is 7.00. The van der Waals surface area contributed by atoms with Gasteiger partial charge in [-0.1, -0.05) is 24.3 Å². The third kappa shape index (κ3) is 2.99. The van der Waals surface area contributed by atoms with Crippen LogP contribution in [0.5, 0.6) is 5.75 Å². The van der Waals surface area contributed by atoms with Crippen molar-refractivity contribution in [2.45, 2.75) is 0 Å². The number of ether oxygens (including phenoxy) is 1. The number of rotatable bonds is 3. The highest BCUT2D eigenvalue weighted by Gasteiger charge is 2.07. The third-order valence-corrected chi connectivity index (χ3v) is 3.44. The average molecular weight is 303 g/mol. The molecule has 0 saturated carbocycles. The van der Waals surface area contributed by atoms with Gasteiger partial charge in [-0.05, 0) is 35.9 Å². The normalized spacial score (nSPS) is 10.8. The Morgan fingerprint density at radius 3 is 2.61 bits per heavy atom. The van der Waals surface area contributed by atoms with E-state index in [1.165, 1.54) is 13.2 Å². The number of fused-ring (bicyclic) bond motifs is 1. The number of nitriles is 1. The first-order valence-electron chi connectivity index (χ1n) is 7.00. The first kappa shape index (κ1) is 14.6. The number of benzene rings is 2. The van der Waals surface area contributed by atoms with E-state index in [9.17, 15) is 4.79 Å². The minimum absolute atomic E-state index is 0.121. The van der Waals surface area contributed by atoms with Crippen LogP contribution in [0.1, 0.15) is 16.9 Å². The maximum Gasteiger partial charge on any atom is 0.193 e. The molecule has 112 valence electrons. The van der Waals surface area contributed by atoms with Crippen LogP contribution in [0.25, 0.3) is 23.1 Å². The van der Waals surface area contributed by atoms with Crippen molar-refractivity contribution in [3.63, 3.8) is 0 Å². The molecule has 0 N–H and O–H groups in total. The van der Waals surface area contributed by atoms with E-state index in [2.05, 4.69) is 6.07 Å². The van der Waals surface area contributed by atoms with Crippen LogP contribution in [0, 0.1) is 11.3 Å². The van der Waals surface area contributed by atoms with E-state index in [0.717, 1.165) is 5.56 Å². The van der Waals surface area contributed by atoms with Crippen molar-refractivity contribution in [3.05, 3.63) is 75.6 Å². The predicted molar refractivity (Wildman–Crippen MR) is 89.1 cm³/mol. The number of nitrogens with zero attached hydrogens (tertiary/aromatic N) is 1. The summed E-state index contributed by atoms with van der Waals surface area (Å²) in [5.74, 6) is 0.963. The summed E-state index contributed by atoms with van der Waals surface area (Å²) in [5.41, 5.74) is 1.82. The molecule has 1 aromatic heterocycles. The van der Waals surface area contributed by atoms with Gasteiger partial charge in [0.1, 0.15) is 5.76 Å². The smallest absolute Gasteiger partial charge is 0.193 e. The van der Waals surface area contributed by atoms with E-state index >= 15 is 0 Å². The van der Waals surface area contributed by atoms with Gasteiger partial charge in [0, 0.05) is 6.07 Å². The fraction of sp³-hybridized carbons (Fsp3) is 0.0526. The molecule has 3 rings (SSSR count). The van der Waals surface area contributed by atoms with E-state index in [0.29, 0.717) is 28.0 Å². The van der Waals surface area contributed by atoms with Crippen molar-refractivity contribution in [1.29, 1.82) is 5.26 Å². The Morgan fingerprint density at radius 1 is 1.13 bits per heavy atom. The maximum absolute atomic E-state index is 12.2. The van der Waals surface area contributed by atoms with Gasteiger partial charge in [-0.25, -0.2) is 0 Å². The Labute approximate surface area is 132 Å². The van der Waals surface area contributed by atoms with Crippen LogP contribution >= 0.6 is 0 Å². The predicted octanol–water partition coefficient (Wildman–Crippen LogP) is 3.84. The Balaban J connectivity index is 2.01. The summed E-state index contributed by atoms with van der Waals surface area (Å²) in [6.45, 7) is 0. The highest BCUT2D eigenvalue weighted by atomic mass is 16.5. The van der Waals surface area contributed by atoms with E-state index in [-0.39, 0.29) is 5.43 Å². The molecule has 1 heterocycles. The van der Waals surface area contributed by atoms with Crippen molar-refractivity contribution in [2.75, 3.05) is 7.11 Å². The van der Waals surface area contributed by atoms with Gasteiger partial charge in [0.05, 0.1) is 24.1 Å². The molecule has 0 saturated heterocycles. The van der Waals surface area contributed by atoms with Crippen LogP contribution in [0.15, 0.2) is 57.7 Å². The summed E-state index contributed by atoms with van der Waals surface area (Å²) < 4.78 is 11.0. The molecule has 0 atom stereocenters. The van der Waals surface area contributed by atoms with Gasteiger partial charge in [0.25, 0.3) is 0 Å². The molecule has 0 bridgehead atoms. The van der Waals surface area contributed by atoms with Gasteiger partial charge >= 0.3 is 0 Å². The minimum atomic E-state index is -0.121. The topological polar surface area (TPSA) is 63.2 Å². The Morgan fingerprint density at radius 2 is 1.91 bits per heavy atom. The molecule has 4 nitrogen and oxygen atoms in total. The van der Waals surface area contributed by atoms with Crippen molar-refractivity contribution in [3.8, 4) is 11.8 Å². The summed E-state index contributed by atoms with van der Waals surface area (Å²) in [4.78, 5) is 12.2. The molecule has 0 spiro atoms. The van der Waals surface area contributed by atoms with Crippen LogP contribution in [0.3, 0.4) is 0 Å². The summed E-state index contributed by atoms with van der Waals surface area (Å²) in [6, 6.07) is 15.9. The first-order chi connectivity index (χ1) is 11.2. The number of methoxy groups -OCH3 is 1. The van der Waals surface area contributed by atoms with Gasteiger partial charge in [0.15, 0.2) is 16.8 Å². The second-order valence-corrected chi connectivity index (χ2v) is 4.92. The molecule has 23 heavy (non-hydrogen) atoms. The summed E-state index contributed by atoms with van der Waals surface area (Å²) in [7, 11) is 1.54. The molecule has 0 aliphatic carbocycles. The van der Waals surface area contributed by atoms with Gasteiger partial charge in [-0.15, -0.1) is 0 Å². The van der Waals surface area contributed by atoms with Crippen molar-refractivity contribution < 1.29 is 9.15 Å². The Bertz CT molecular complexity index is 976. The zero-order valence-electron chi connectivity index (χ0n) is 12.4. The highest BCUT2D eigenvalue weighted by Crippen LogP contribution is 2.24. The molecule has 3 aromatic rings. The van der Waals surface area contributed by atoms with Crippen molar-refractivity contribution in [2.24, 2.45) is 0 Å². The monoisotopic (exact) mass is 303 g/mol. The summed E-state index contributed by atoms with van der Waals surface area (Å²) >= 11 is 0. The lowest BCUT2D eigenvalue weighted by Crippen LogP contribution is -2.01. The quantitative estimate of drug-likeness (QED) is 0.737. The molecule has 0 amide bonds. The lowest BCUT2D eigenvalue weighted by Gasteiger charge is -2.04. The maximum atomic E-state index is 12.2. The van der Waals surface area contributed by atoms with Gasteiger partial charge in [-0.2, -0.15) is 5.26 Å². The van der Waals surface area contributed by atoms with Crippen LogP contribution in [0.4, 0.5) is 0 Å². The zero-order valence-corrected chi connectivity index (χ0v) is 12.4. The molecule has 4 heteroatoms. The molecular weight excluding hydrogens is 290 g/mol. The third-order valence-electron chi connectivity index (χ3n) is 3.44. The number of para-hydroxylation sites is 1. The Kier molecular flexibility index (Phi) is 3.94. The molecule has 0 aliphatic rings. The van der Waals surface area contributed by atoms with Gasteiger partial charge in [0.2, 0.25) is 0 Å². The summed E-state index contributed by atoms with van der Waals surface area (Å²) in [5, 5.41) is 9.27. The average Bonchev–Trinajstić information content (AvgIpc) is 2.60. The molecular formula is C19H13NO3. The largest absolute Gasteiger partial charge is 0.493 e. The second-order valence-electron chi connectivity index (χ2n) is 4.92. The second kappa shape index (κ2) is 6.20. The number of hydrogen-bond acceptors (Lipinski definition) is 4. The van der Waals surface area contributed by atoms with Crippen molar-refractivity contribution in [1.82, 2.24) is 0 Å².